The number of hydrogen-bond acceptors (Lipinski definition) is 3. The van der Waals surface area contributed by atoms with Crippen molar-refractivity contribution in [2.24, 2.45) is 5.92 Å². The SMILES string of the molecule is CCC(CNC1CC1)N(C)CCOCC1CC1. The van der Waals surface area contributed by atoms with E-state index in [-0.39, 0.29) is 0 Å². The lowest BCUT2D eigenvalue weighted by Crippen LogP contribution is -2.41. The van der Waals surface area contributed by atoms with Crippen LogP contribution in [0.3, 0.4) is 0 Å². The lowest BCUT2D eigenvalue weighted by Gasteiger charge is -2.27. The molecule has 0 aliphatic heterocycles. The highest BCUT2D eigenvalue weighted by molar-refractivity contribution is 4.83. The lowest BCUT2D eigenvalue weighted by atomic mass is 10.2. The maximum Gasteiger partial charge on any atom is 0.0593 e. The average Bonchev–Trinajstić information content (AvgIpc) is 3.18. The summed E-state index contributed by atoms with van der Waals surface area (Å²) in [6.07, 6.45) is 6.76. The topological polar surface area (TPSA) is 24.5 Å². The molecule has 0 bridgehead atoms. The van der Waals surface area contributed by atoms with E-state index in [0.717, 1.165) is 38.3 Å². The Kier molecular flexibility index (Phi) is 5.26. The summed E-state index contributed by atoms with van der Waals surface area (Å²) in [6, 6.07) is 1.49. The van der Waals surface area contributed by atoms with Gasteiger partial charge in [0.25, 0.3) is 0 Å². The minimum atomic E-state index is 0.667. The predicted octanol–water partition coefficient (Wildman–Crippen LogP) is 1.88. The third-order valence-electron chi connectivity index (χ3n) is 3.95. The number of rotatable bonds is 10. The van der Waals surface area contributed by atoms with Crippen LogP contribution in [-0.2, 0) is 4.74 Å². The molecule has 1 atom stereocenters. The fourth-order valence-electron chi connectivity index (χ4n) is 2.13. The molecule has 0 aromatic heterocycles. The molecule has 0 heterocycles. The fraction of sp³-hybridized carbons (Fsp3) is 1.00. The van der Waals surface area contributed by atoms with Gasteiger partial charge in [-0.1, -0.05) is 6.92 Å². The van der Waals surface area contributed by atoms with E-state index in [4.69, 9.17) is 4.74 Å². The van der Waals surface area contributed by atoms with Crippen molar-refractivity contribution in [3.8, 4) is 0 Å². The van der Waals surface area contributed by atoms with Gasteiger partial charge in [0.15, 0.2) is 0 Å². The van der Waals surface area contributed by atoms with Crippen LogP contribution in [0.2, 0.25) is 0 Å². The molecule has 0 amide bonds. The van der Waals surface area contributed by atoms with Crippen molar-refractivity contribution in [3.63, 3.8) is 0 Å². The zero-order valence-corrected chi connectivity index (χ0v) is 11.5. The van der Waals surface area contributed by atoms with E-state index in [1.165, 1.54) is 32.1 Å². The van der Waals surface area contributed by atoms with Gasteiger partial charge in [-0.3, -0.25) is 4.90 Å². The Labute approximate surface area is 106 Å². The highest BCUT2D eigenvalue weighted by Crippen LogP contribution is 2.28. The van der Waals surface area contributed by atoms with Crippen LogP contribution in [0.25, 0.3) is 0 Å². The van der Waals surface area contributed by atoms with Gasteiger partial charge < -0.3 is 10.1 Å². The maximum atomic E-state index is 5.70. The van der Waals surface area contributed by atoms with Crippen LogP contribution < -0.4 is 5.32 Å². The first-order valence-electron chi connectivity index (χ1n) is 7.31. The smallest absolute Gasteiger partial charge is 0.0593 e. The highest BCUT2D eigenvalue weighted by atomic mass is 16.5. The van der Waals surface area contributed by atoms with Gasteiger partial charge >= 0.3 is 0 Å². The van der Waals surface area contributed by atoms with E-state index in [2.05, 4.69) is 24.2 Å². The molecule has 2 fully saturated rings. The molecule has 0 saturated heterocycles. The lowest BCUT2D eigenvalue weighted by molar-refractivity contribution is 0.0902. The van der Waals surface area contributed by atoms with Crippen molar-refractivity contribution < 1.29 is 4.74 Å². The van der Waals surface area contributed by atoms with E-state index in [9.17, 15) is 0 Å². The summed E-state index contributed by atoms with van der Waals surface area (Å²) >= 11 is 0. The fourth-order valence-corrected chi connectivity index (χ4v) is 2.13. The monoisotopic (exact) mass is 240 g/mol. The third kappa shape index (κ3) is 5.36. The summed E-state index contributed by atoms with van der Waals surface area (Å²) in [6.45, 7) is 6.37. The Morgan fingerprint density at radius 2 is 2.06 bits per heavy atom. The van der Waals surface area contributed by atoms with E-state index in [0.29, 0.717) is 6.04 Å². The molecule has 2 aliphatic rings. The first-order chi connectivity index (χ1) is 8.29. The Morgan fingerprint density at radius 1 is 1.29 bits per heavy atom. The summed E-state index contributed by atoms with van der Waals surface area (Å²) in [5.41, 5.74) is 0. The molecule has 1 N–H and O–H groups in total. The van der Waals surface area contributed by atoms with Crippen molar-refractivity contribution in [2.75, 3.05) is 33.4 Å². The van der Waals surface area contributed by atoms with Crippen molar-refractivity contribution in [3.05, 3.63) is 0 Å². The molecule has 100 valence electrons. The second-order valence-corrected chi connectivity index (χ2v) is 5.74. The second-order valence-electron chi connectivity index (χ2n) is 5.74. The van der Waals surface area contributed by atoms with Crippen LogP contribution in [0.15, 0.2) is 0 Å². The molecule has 2 rings (SSSR count). The molecule has 3 heteroatoms. The Bertz CT molecular complexity index is 214. The van der Waals surface area contributed by atoms with E-state index in [1.807, 2.05) is 0 Å². The summed E-state index contributed by atoms with van der Waals surface area (Å²) in [5, 5.41) is 3.62. The number of hydrogen-bond donors (Lipinski definition) is 1. The third-order valence-corrected chi connectivity index (χ3v) is 3.95. The molecular weight excluding hydrogens is 212 g/mol. The maximum absolute atomic E-state index is 5.70. The summed E-state index contributed by atoms with van der Waals surface area (Å²) in [5.74, 6) is 0.888. The van der Waals surface area contributed by atoms with Gasteiger partial charge in [-0.05, 0) is 45.1 Å². The largest absolute Gasteiger partial charge is 0.380 e. The van der Waals surface area contributed by atoms with Gasteiger partial charge in [0.1, 0.15) is 0 Å². The number of likely N-dealkylation sites (N-methyl/N-ethyl adjacent to an activating group) is 1. The molecule has 0 aromatic rings. The number of nitrogens with one attached hydrogen (secondary N) is 1. The first-order valence-corrected chi connectivity index (χ1v) is 7.31. The molecule has 1 unspecified atom stereocenters. The minimum Gasteiger partial charge on any atom is -0.380 e. The molecule has 17 heavy (non-hydrogen) atoms. The molecule has 0 radical (unpaired) electrons. The van der Waals surface area contributed by atoms with Crippen LogP contribution in [-0.4, -0.2) is 50.3 Å². The van der Waals surface area contributed by atoms with Crippen molar-refractivity contribution in [2.45, 2.75) is 51.1 Å². The number of ether oxygens (including phenoxy) is 1. The molecule has 3 nitrogen and oxygen atoms in total. The Balaban J connectivity index is 1.52. The van der Waals surface area contributed by atoms with Crippen molar-refractivity contribution >= 4 is 0 Å². The Hall–Kier alpha value is -0.120. The Morgan fingerprint density at radius 3 is 2.65 bits per heavy atom. The van der Waals surface area contributed by atoms with Crippen molar-refractivity contribution in [1.29, 1.82) is 0 Å². The van der Waals surface area contributed by atoms with Crippen LogP contribution >= 0.6 is 0 Å². The van der Waals surface area contributed by atoms with E-state index < -0.39 is 0 Å². The molecule has 0 spiro atoms. The highest BCUT2D eigenvalue weighted by Gasteiger charge is 2.23. The van der Waals surface area contributed by atoms with E-state index >= 15 is 0 Å². The van der Waals surface area contributed by atoms with Gasteiger partial charge in [0.2, 0.25) is 0 Å². The molecular formula is C14H28N2O. The van der Waals surface area contributed by atoms with Crippen LogP contribution in [0.4, 0.5) is 0 Å². The van der Waals surface area contributed by atoms with Crippen LogP contribution in [0.5, 0.6) is 0 Å². The van der Waals surface area contributed by atoms with E-state index in [1.54, 1.807) is 0 Å². The first kappa shape index (κ1) is 13.3. The quantitative estimate of drug-likeness (QED) is 0.590. The van der Waals surface area contributed by atoms with Gasteiger partial charge in [-0.15, -0.1) is 0 Å². The van der Waals surface area contributed by atoms with Crippen LogP contribution in [0.1, 0.15) is 39.0 Å². The van der Waals surface area contributed by atoms with Gasteiger partial charge in [0.05, 0.1) is 6.61 Å². The van der Waals surface area contributed by atoms with Crippen molar-refractivity contribution in [1.82, 2.24) is 10.2 Å². The zero-order valence-electron chi connectivity index (χ0n) is 11.5. The predicted molar refractivity (Wildman–Crippen MR) is 71.3 cm³/mol. The van der Waals surface area contributed by atoms with Gasteiger partial charge in [-0.25, -0.2) is 0 Å². The molecule has 2 aliphatic carbocycles. The van der Waals surface area contributed by atoms with Crippen LogP contribution in [0, 0.1) is 5.92 Å². The van der Waals surface area contributed by atoms with Gasteiger partial charge in [-0.2, -0.15) is 0 Å². The second kappa shape index (κ2) is 6.72. The summed E-state index contributed by atoms with van der Waals surface area (Å²) in [7, 11) is 2.23. The normalized spacial score (nSPS) is 22.1. The summed E-state index contributed by atoms with van der Waals surface area (Å²) in [4.78, 5) is 2.45. The molecule has 0 aromatic carbocycles. The van der Waals surface area contributed by atoms with Gasteiger partial charge in [0, 0.05) is 31.8 Å². The molecule has 2 saturated carbocycles. The summed E-state index contributed by atoms with van der Waals surface area (Å²) < 4.78 is 5.70. The minimum absolute atomic E-state index is 0.667. The zero-order chi connectivity index (χ0) is 12.1. The number of nitrogens with zero attached hydrogens (tertiary/aromatic N) is 1. The average molecular weight is 240 g/mol. The standard InChI is InChI=1S/C14H28N2O/c1-3-14(10-15-13-6-7-13)16(2)8-9-17-11-12-4-5-12/h12-15H,3-11H2,1-2H3.